The molecule has 3 aromatic rings. The Morgan fingerprint density at radius 3 is 2.24 bits per heavy atom. The summed E-state index contributed by atoms with van der Waals surface area (Å²) in [4.78, 5) is 17.8. The number of aromatic amines is 1. The maximum atomic E-state index is 12.9. The second-order valence-electron chi connectivity index (χ2n) is 4.76. The summed E-state index contributed by atoms with van der Waals surface area (Å²) in [6.45, 7) is 0. The van der Waals surface area contributed by atoms with Crippen molar-refractivity contribution in [1.82, 2.24) is 9.97 Å². The molecule has 0 fully saturated rings. The molecule has 0 saturated carbocycles. The average Bonchev–Trinajstić information content (AvgIpc) is 2.96. The zero-order valence-corrected chi connectivity index (χ0v) is 11.2. The van der Waals surface area contributed by atoms with Gasteiger partial charge in [0.05, 0.1) is 6.33 Å². The van der Waals surface area contributed by atoms with Gasteiger partial charge in [-0.3, -0.25) is 4.79 Å². The molecule has 0 bridgehead atoms. The highest BCUT2D eigenvalue weighted by atomic mass is 19.1. The van der Waals surface area contributed by atoms with E-state index >= 15 is 0 Å². The van der Waals surface area contributed by atoms with Crippen LogP contribution in [0.25, 0.3) is 11.1 Å². The number of nitrogens with zero attached hydrogens (tertiary/aromatic N) is 1. The minimum absolute atomic E-state index is 0.240. The molecule has 3 rings (SSSR count). The van der Waals surface area contributed by atoms with Gasteiger partial charge in [0.1, 0.15) is 11.5 Å². The van der Waals surface area contributed by atoms with Gasteiger partial charge in [-0.1, -0.05) is 36.4 Å². The number of aromatic nitrogens is 2. The van der Waals surface area contributed by atoms with Gasteiger partial charge in [-0.2, -0.15) is 0 Å². The van der Waals surface area contributed by atoms with E-state index in [1.54, 1.807) is 12.1 Å². The van der Waals surface area contributed by atoms with Crippen LogP contribution in [0.3, 0.4) is 0 Å². The molecule has 4 heteroatoms. The van der Waals surface area contributed by atoms with Crippen LogP contribution in [0, 0.1) is 5.82 Å². The van der Waals surface area contributed by atoms with E-state index in [-0.39, 0.29) is 5.82 Å². The maximum Gasteiger partial charge on any atom is 0.170 e. The van der Waals surface area contributed by atoms with Crippen LogP contribution in [0.15, 0.2) is 54.9 Å². The number of hydrogen-bond donors (Lipinski definition) is 1. The summed E-state index contributed by atoms with van der Waals surface area (Å²) in [5, 5.41) is 0. The van der Waals surface area contributed by atoms with E-state index in [1.807, 2.05) is 24.3 Å². The number of carbonyl (C=O) groups excluding carboxylic acids is 1. The fourth-order valence-corrected chi connectivity index (χ4v) is 2.24. The van der Waals surface area contributed by atoms with E-state index < -0.39 is 0 Å². The van der Waals surface area contributed by atoms with Gasteiger partial charge in [-0.05, 0) is 28.8 Å². The summed E-state index contributed by atoms with van der Waals surface area (Å²) in [6, 6.07) is 14.4. The van der Waals surface area contributed by atoms with Gasteiger partial charge in [0.25, 0.3) is 0 Å². The smallest absolute Gasteiger partial charge is 0.170 e. The van der Waals surface area contributed by atoms with Crippen LogP contribution in [0.2, 0.25) is 0 Å². The van der Waals surface area contributed by atoms with Gasteiger partial charge < -0.3 is 4.98 Å². The molecular formula is C17H13FN2O. The van der Waals surface area contributed by atoms with Crippen molar-refractivity contribution in [3.63, 3.8) is 0 Å². The van der Waals surface area contributed by atoms with Crippen LogP contribution in [-0.4, -0.2) is 16.3 Å². The minimum Gasteiger partial charge on any atom is -0.348 e. The van der Waals surface area contributed by atoms with Crippen LogP contribution >= 0.6 is 0 Å². The van der Waals surface area contributed by atoms with Gasteiger partial charge in [-0.25, -0.2) is 9.37 Å². The second kappa shape index (κ2) is 5.71. The first-order chi connectivity index (χ1) is 10.3. The summed E-state index contributed by atoms with van der Waals surface area (Å²) in [7, 11) is 0. The van der Waals surface area contributed by atoms with Crippen molar-refractivity contribution in [1.29, 1.82) is 0 Å². The summed E-state index contributed by atoms with van der Waals surface area (Å²) < 4.78 is 12.9. The van der Waals surface area contributed by atoms with Crippen molar-refractivity contribution in [3.05, 3.63) is 77.6 Å². The summed E-state index contributed by atoms with van der Waals surface area (Å²) in [5.41, 5.74) is 4.32. The van der Waals surface area contributed by atoms with Crippen LogP contribution in [0.1, 0.15) is 21.7 Å². The normalized spacial score (nSPS) is 10.5. The predicted octanol–water partition coefficient (Wildman–Crippen LogP) is 3.62. The lowest BCUT2D eigenvalue weighted by Crippen LogP contribution is -1.93. The first-order valence-corrected chi connectivity index (χ1v) is 6.58. The number of aldehydes is 1. The Labute approximate surface area is 121 Å². The summed E-state index contributed by atoms with van der Waals surface area (Å²) in [6.07, 6.45) is 2.89. The Morgan fingerprint density at radius 1 is 1.00 bits per heavy atom. The molecule has 0 aliphatic rings. The first kappa shape index (κ1) is 13.2. The largest absolute Gasteiger partial charge is 0.348 e. The van der Waals surface area contributed by atoms with Gasteiger partial charge in [-0.15, -0.1) is 0 Å². The predicted molar refractivity (Wildman–Crippen MR) is 78.6 cm³/mol. The van der Waals surface area contributed by atoms with Gasteiger partial charge in [0.15, 0.2) is 6.29 Å². The average molecular weight is 280 g/mol. The quantitative estimate of drug-likeness (QED) is 0.742. The van der Waals surface area contributed by atoms with Crippen molar-refractivity contribution in [3.8, 4) is 11.1 Å². The third-order valence-electron chi connectivity index (χ3n) is 3.38. The van der Waals surface area contributed by atoms with Crippen LogP contribution in [0.4, 0.5) is 4.39 Å². The van der Waals surface area contributed by atoms with E-state index in [2.05, 4.69) is 9.97 Å². The van der Waals surface area contributed by atoms with E-state index in [4.69, 9.17) is 0 Å². The van der Waals surface area contributed by atoms with Crippen molar-refractivity contribution < 1.29 is 9.18 Å². The molecular weight excluding hydrogens is 267 g/mol. The van der Waals surface area contributed by atoms with Crippen LogP contribution in [0.5, 0.6) is 0 Å². The van der Waals surface area contributed by atoms with Crippen LogP contribution < -0.4 is 0 Å². The molecule has 0 unspecified atom stereocenters. The molecule has 0 atom stereocenters. The maximum absolute atomic E-state index is 12.9. The molecule has 21 heavy (non-hydrogen) atoms. The number of H-pyrrole nitrogens is 1. The molecule has 2 aromatic carbocycles. The third kappa shape index (κ3) is 2.89. The fourth-order valence-electron chi connectivity index (χ4n) is 2.24. The number of hydrogen-bond acceptors (Lipinski definition) is 2. The molecule has 1 heterocycles. The highest BCUT2D eigenvalue weighted by Crippen LogP contribution is 2.21. The zero-order chi connectivity index (χ0) is 14.7. The number of benzene rings is 2. The van der Waals surface area contributed by atoms with Crippen molar-refractivity contribution >= 4 is 6.29 Å². The standard InChI is InChI=1S/C17H13FN2O/c18-15-7-5-14(6-8-15)13-3-1-12(2-4-13)9-16-17(10-21)20-11-19-16/h1-8,10-11H,9H2,(H,19,20). The molecule has 1 aromatic heterocycles. The lowest BCUT2D eigenvalue weighted by molar-refractivity contribution is 0.111. The van der Waals surface area contributed by atoms with Crippen LogP contribution in [-0.2, 0) is 6.42 Å². The van der Waals surface area contributed by atoms with E-state index in [9.17, 15) is 9.18 Å². The Bertz CT molecular complexity index is 745. The summed E-state index contributed by atoms with van der Waals surface area (Å²) >= 11 is 0. The Hall–Kier alpha value is -2.75. The molecule has 0 radical (unpaired) electrons. The number of rotatable bonds is 4. The zero-order valence-electron chi connectivity index (χ0n) is 11.2. The molecule has 1 N–H and O–H groups in total. The monoisotopic (exact) mass is 280 g/mol. The number of nitrogens with one attached hydrogen (secondary N) is 1. The topological polar surface area (TPSA) is 45.8 Å². The van der Waals surface area contributed by atoms with E-state index in [0.29, 0.717) is 12.1 Å². The van der Waals surface area contributed by atoms with E-state index in [0.717, 1.165) is 28.7 Å². The van der Waals surface area contributed by atoms with Crippen molar-refractivity contribution in [2.45, 2.75) is 6.42 Å². The molecule has 0 aliphatic carbocycles. The molecule has 0 saturated heterocycles. The lowest BCUT2D eigenvalue weighted by Gasteiger charge is -2.04. The summed E-state index contributed by atoms with van der Waals surface area (Å²) in [5.74, 6) is -0.240. The lowest BCUT2D eigenvalue weighted by atomic mass is 10.0. The highest BCUT2D eigenvalue weighted by Gasteiger charge is 2.06. The Morgan fingerprint density at radius 2 is 1.62 bits per heavy atom. The van der Waals surface area contributed by atoms with Gasteiger partial charge in [0.2, 0.25) is 0 Å². The van der Waals surface area contributed by atoms with Gasteiger partial charge in [0, 0.05) is 12.1 Å². The molecule has 0 aliphatic heterocycles. The first-order valence-electron chi connectivity index (χ1n) is 6.58. The molecule has 3 nitrogen and oxygen atoms in total. The highest BCUT2D eigenvalue weighted by molar-refractivity contribution is 5.73. The van der Waals surface area contributed by atoms with E-state index in [1.165, 1.54) is 18.5 Å². The van der Waals surface area contributed by atoms with Crippen molar-refractivity contribution in [2.75, 3.05) is 0 Å². The minimum atomic E-state index is -0.240. The Balaban J connectivity index is 1.81. The number of halogens is 1. The molecule has 0 amide bonds. The molecule has 104 valence electrons. The SMILES string of the molecule is O=Cc1nc[nH]c1Cc1ccc(-c2ccc(F)cc2)cc1. The van der Waals surface area contributed by atoms with Crippen molar-refractivity contribution in [2.24, 2.45) is 0 Å². The fraction of sp³-hybridized carbons (Fsp3) is 0.0588. The molecule has 0 spiro atoms. The number of carbonyl (C=O) groups is 1. The van der Waals surface area contributed by atoms with Gasteiger partial charge >= 0.3 is 0 Å². The Kier molecular flexibility index (Phi) is 3.60. The third-order valence-corrected chi connectivity index (χ3v) is 3.38. The second-order valence-corrected chi connectivity index (χ2v) is 4.76. The number of imidazole rings is 1.